The number of carbonyl (C=O) groups excluding carboxylic acids is 2. The Balaban J connectivity index is 1.75. The fraction of sp³-hybridized carbons (Fsp3) is 0.333. The number of halogens is 2. The fourth-order valence-electron chi connectivity index (χ4n) is 4.04. The maximum atomic E-state index is 13.5. The molecule has 2 aromatic rings. The van der Waals surface area contributed by atoms with Crippen molar-refractivity contribution in [3.05, 3.63) is 74.9 Å². The van der Waals surface area contributed by atoms with Crippen molar-refractivity contribution in [3.8, 4) is 0 Å². The van der Waals surface area contributed by atoms with Crippen molar-refractivity contribution >= 4 is 40.6 Å². The lowest BCUT2D eigenvalue weighted by Gasteiger charge is -2.32. The van der Waals surface area contributed by atoms with Gasteiger partial charge in [0.2, 0.25) is 0 Å². The fourth-order valence-corrected chi connectivity index (χ4v) is 4.55. The van der Waals surface area contributed by atoms with Crippen LogP contribution in [-0.4, -0.2) is 34.7 Å². The smallest absolute Gasteiger partial charge is 0.278 e. The molecular weight excluding hydrogens is 419 g/mol. The predicted octanol–water partition coefficient (Wildman–Crippen LogP) is 5.31. The first-order chi connectivity index (χ1) is 14.3. The highest BCUT2D eigenvalue weighted by Crippen LogP contribution is 2.38. The van der Waals surface area contributed by atoms with Gasteiger partial charge in [0.25, 0.3) is 11.8 Å². The van der Waals surface area contributed by atoms with Gasteiger partial charge in [-0.15, -0.1) is 0 Å². The van der Waals surface area contributed by atoms with Gasteiger partial charge in [0.1, 0.15) is 5.70 Å². The Hall–Kier alpha value is -2.30. The summed E-state index contributed by atoms with van der Waals surface area (Å²) >= 11 is 12.5. The van der Waals surface area contributed by atoms with Gasteiger partial charge in [0.05, 0.1) is 17.1 Å². The van der Waals surface area contributed by atoms with Crippen LogP contribution < -0.4 is 0 Å². The summed E-state index contributed by atoms with van der Waals surface area (Å²) in [5.74, 6) is 0.0508. The molecule has 0 bridgehead atoms. The summed E-state index contributed by atoms with van der Waals surface area (Å²) < 4.78 is 0. The van der Waals surface area contributed by atoms with Crippen LogP contribution in [0.15, 0.2) is 48.2 Å². The molecule has 2 heterocycles. The number of amides is 2. The van der Waals surface area contributed by atoms with Crippen LogP contribution in [0.1, 0.15) is 36.5 Å². The summed E-state index contributed by atoms with van der Waals surface area (Å²) in [6.07, 6.45) is 1.98. The van der Waals surface area contributed by atoms with Crippen LogP contribution >= 0.6 is 23.2 Å². The van der Waals surface area contributed by atoms with E-state index in [4.69, 9.17) is 23.2 Å². The molecule has 0 aliphatic carbocycles. The molecule has 0 N–H and O–H groups in total. The topological polar surface area (TPSA) is 40.6 Å². The second-order valence-electron chi connectivity index (χ2n) is 8.20. The minimum Gasteiger partial charge on any atom is -0.366 e. The highest BCUT2D eigenvalue weighted by molar-refractivity contribution is 6.41. The Kier molecular flexibility index (Phi) is 5.90. The molecule has 1 saturated heterocycles. The van der Waals surface area contributed by atoms with E-state index in [1.54, 1.807) is 18.2 Å². The summed E-state index contributed by atoms with van der Waals surface area (Å²) in [6, 6.07) is 12.9. The number of likely N-dealkylation sites (tertiary alicyclic amines) is 1. The zero-order chi connectivity index (χ0) is 21.4. The van der Waals surface area contributed by atoms with Gasteiger partial charge >= 0.3 is 0 Å². The highest BCUT2D eigenvalue weighted by Gasteiger charge is 2.42. The van der Waals surface area contributed by atoms with Crippen LogP contribution in [0, 0.1) is 12.8 Å². The Morgan fingerprint density at radius 1 is 0.967 bits per heavy atom. The van der Waals surface area contributed by atoms with Gasteiger partial charge in [0.15, 0.2) is 0 Å². The molecule has 0 atom stereocenters. The zero-order valence-electron chi connectivity index (χ0n) is 17.1. The molecule has 2 amide bonds. The molecule has 6 heteroatoms. The molecular formula is C24H24Cl2N2O2. The minimum absolute atomic E-state index is 0.237. The normalized spacial score (nSPS) is 18.0. The molecule has 0 spiro atoms. The second-order valence-corrected chi connectivity index (χ2v) is 9.04. The molecule has 0 radical (unpaired) electrons. The molecule has 4 nitrogen and oxygen atoms in total. The number of aryl methyl sites for hydroxylation is 1. The Bertz CT molecular complexity index is 1020. The van der Waals surface area contributed by atoms with Crippen LogP contribution in [0.3, 0.4) is 0 Å². The monoisotopic (exact) mass is 442 g/mol. The maximum absolute atomic E-state index is 13.5. The average molecular weight is 443 g/mol. The maximum Gasteiger partial charge on any atom is 0.278 e. The van der Waals surface area contributed by atoms with Gasteiger partial charge in [-0.3, -0.25) is 14.5 Å². The van der Waals surface area contributed by atoms with Gasteiger partial charge in [-0.2, -0.15) is 0 Å². The summed E-state index contributed by atoms with van der Waals surface area (Å²) in [5.41, 5.74) is 3.44. The molecule has 0 unspecified atom stereocenters. The van der Waals surface area contributed by atoms with Crippen LogP contribution in [0.25, 0.3) is 5.57 Å². The first-order valence-corrected chi connectivity index (χ1v) is 11.0. The van der Waals surface area contributed by atoms with Crippen molar-refractivity contribution in [3.63, 3.8) is 0 Å². The number of carbonyl (C=O) groups is 2. The molecule has 156 valence electrons. The summed E-state index contributed by atoms with van der Waals surface area (Å²) in [5, 5.41) is 0.865. The van der Waals surface area contributed by atoms with Crippen molar-refractivity contribution in [1.29, 1.82) is 0 Å². The van der Waals surface area contributed by atoms with Crippen molar-refractivity contribution in [1.82, 2.24) is 9.80 Å². The lowest BCUT2D eigenvalue weighted by atomic mass is 9.97. The van der Waals surface area contributed by atoms with Crippen LogP contribution in [0.5, 0.6) is 0 Å². The lowest BCUT2D eigenvalue weighted by Crippen LogP contribution is -2.38. The summed E-state index contributed by atoms with van der Waals surface area (Å²) in [6.45, 7) is 5.97. The van der Waals surface area contributed by atoms with E-state index >= 15 is 0 Å². The van der Waals surface area contributed by atoms with E-state index in [1.807, 2.05) is 31.2 Å². The van der Waals surface area contributed by atoms with E-state index in [9.17, 15) is 9.59 Å². The number of imide groups is 1. The van der Waals surface area contributed by atoms with Crippen molar-refractivity contribution < 1.29 is 9.59 Å². The van der Waals surface area contributed by atoms with Gasteiger partial charge < -0.3 is 4.90 Å². The lowest BCUT2D eigenvalue weighted by molar-refractivity contribution is -0.138. The third kappa shape index (κ3) is 3.99. The number of nitrogens with zero attached hydrogens (tertiary/aromatic N) is 2. The minimum atomic E-state index is -0.307. The van der Waals surface area contributed by atoms with E-state index in [1.165, 1.54) is 4.90 Å². The van der Waals surface area contributed by atoms with E-state index in [0.717, 1.165) is 37.1 Å². The van der Waals surface area contributed by atoms with Crippen molar-refractivity contribution in [2.24, 2.45) is 5.92 Å². The average Bonchev–Trinajstić information content (AvgIpc) is 2.95. The Morgan fingerprint density at radius 2 is 1.63 bits per heavy atom. The third-order valence-corrected chi connectivity index (χ3v) is 6.45. The zero-order valence-corrected chi connectivity index (χ0v) is 18.6. The SMILES string of the molecule is Cc1ccc(CN2C(=O)C(c3ccc(Cl)cc3Cl)=C(N3CCC(C)CC3)C2=O)cc1. The van der Waals surface area contributed by atoms with Crippen LogP contribution in [0.2, 0.25) is 10.0 Å². The number of hydrogen-bond acceptors (Lipinski definition) is 3. The number of hydrogen-bond donors (Lipinski definition) is 0. The van der Waals surface area contributed by atoms with E-state index in [2.05, 4.69) is 11.8 Å². The van der Waals surface area contributed by atoms with E-state index in [-0.39, 0.29) is 18.4 Å². The van der Waals surface area contributed by atoms with Crippen LogP contribution in [-0.2, 0) is 16.1 Å². The molecule has 2 aliphatic heterocycles. The van der Waals surface area contributed by atoms with Gasteiger partial charge in [-0.05, 0) is 43.4 Å². The number of piperidine rings is 1. The third-order valence-electron chi connectivity index (χ3n) is 5.91. The first-order valence-electron chi connectivity index (χ1n) is 10.2. The molecule has 2 aromatic carbocycles. The largest absolute Gasteiger partial charge is 0.366 e. The van der Waals surface area contributed by atoms with Crippen molar-refractivity contribution in [2.75, 3.05) is 13.1 Å². The van der Waals surface area contributed by atoms with Gasteiger partial charge in [-0.1, -0.05) is 66.0 Å². The van der Waals surface area contributed by atoms with Gasteiger partial charge in [-0.25, -0.2) is 0 Å². The molecule has 2 aliphatic rings. The highest BCUT2D eigenvalue weighted by atomic mass is 35.5. The number of rotatable bonds is 4. The van der Waals surface area contributed by atoms with E-state index < -0.39 is 0 Å². The molecule has 0 aromatic heterocycles. The standard InChI is InChI=1S/C24H24Cl2N2O2/c1-15-3-5-17(6-4-15)14-28-23(29)21(19-8-7-18(25)13-20(19)26)22(24(28)30)27-11-9-16(2)10-12-27/h3-8,13,16H,9-12,14H2,1-2H3. The molecule has 4 rings (SSSR count). The summed E-state index contributed by atoms with van der Waals surface area (Å²) in [4.78, 5) is 30.3. The van der Waals surface area contributed by atoms with Gasteiger partial charge in [0, 0.05) is 23.7 Å². The Morgan fingerprint density at radius 3 is 2.27 bits per heavy atom. The molecule has 0 saturated carbocycles. The molecule has 1 fully saturated rings. The van der Waals surface area contributed by atoms with E-state index in [0.29, 0.717) is 32.8 Å². The Labute approximate surface area is 187 Å². The molecule has 30 heavy (non-hydrogen) atoms. The number of benzene rings is 2. The first kappa shape index (κ1) is 21.0. The summed E-state index contributed by atoms with van der Waals surface area (Å²) in [7, 11) is 0. The van der Waals surface area contributed by atoms with Crippen LogP contribution in [0.4, 0.5) is 0 Å². The quantitative estimate of drug-likeness (QED) is 0.601. The predicted molar refractivity (Wildman–Crippen MR) is 120 cm³/mol. The second kappa shape index (κ2) is 8.44. The van der Waals surface area contributed by atoms with Crippen molar-refractivity contribution in [2.45, 2.75) is 33.2 Å².